The maximum absolute atomic E-state index is 8.72. The highest BCUT2D eigenvalue weighted by Crippen LogP contribution is 1.95. The van der Waals surface area contributed by atoms with Gasteiger partial charge < -0.3 is 9.84 Å². The summed E-state index contributed by atoms with van der Waals surface area (Å²) in [5, 5.41) is 10.1. The van der Waals surface area contributed by atoms with Crippen molar-refractivity contribution in [3.05, 3.63) is 28.6 Å². The second-order valence-electron chi connectivity index (χ2n) is 2.16. The topological polar surface area (TPSA) is 29.5 Å². The van der Waals surface area contributed by atoms with Gasteiger partial charge in [-0.1, -0.05) is 18.7 Å². The van der Waals surface area contributed by atoms with Crippen LogP contribution in [0.25, 0.3) is 12.8 Å². The molecule has 0 aliphatic rings. The zero-order chi connectivity index (χ0) is 8.27. The molecule has 0 unspecified atom stereocenters. The Balaban J connectivity index is 3.46. The largest absolute Gasteiger partial charge is 0.515 e. The highest BCUT2D eigenvalue weighted by molar-refractivity contribution is 5.31. The Bertz CT molecular complexity index is 341. The van der Waals surface area contributed by atoms with E-state index in [4.69, 9.17) is 9.84 Å². The van der Waals surface area contributed by atoms with Gasteiger partial charge in [0.25, 0.3) is 0 Å². The van der Waals surface area contributed by atoms with E-state index in [0.29, 0.717) is 16.2 Å². The van der Waals surface area contributed by atoms with E-state index >= 15 is 0 Å². The molecule has 1 rings (SSSR count). The quantitative estimate of drug-likeness (QED) is 0.628. The minimum Gasteiger partial charge on any atom is -0.515 e. The Morgan fingerprint density at radius 2 is 2.27 bits per heavy atom. The van der Waals surface area contributed by atoms with Crippen LogP contribution < -0.4 is 15.2 Å². The molecule has 0 aliphatic carbocycles. The van der Waals surface area contributed by atoms with Gasteiger partial charge in [-0.15, -0.1) is 0 Å². The molecule has 0 saturated heterocycles. The minimum absolute atomic E-state index is 0.685. The molecule has 2 heteroatoms. The predicted molar refractivity (Wildman–Crippen MR) is 44.9 cm³/mol. The van der Waals surface area contributed by atoms with Gasteiger partial charge in [0.15, 0.2) is 0 Å². The van der Waals surface area contributed by atoms with E-state index in [1.165, 1.54) is 0 Å². The van der Waals surface area contributed by atoms with Gasteiger partial charge in [-0.25, -0.2) is 0 Å². The van der Waals surface area contributed by atoms with E-state index in [-0.39, 0.29) is 0 Å². The van der Waals surface area contributed by atoms with Crippen molar-refractivity contribution >= 4 is 12.8 Å². The molecule has 0 heterocycles. The van der Waals surface area contributed by atoms with E-state index in [1.54, 1.807) is 25.3 Å². The monoisotopic (exact) mass is 150 g/mol. The van der Waals surface area contributed by atoms with E-state index in [2.05, 4.69) is 6.58 Å². The van der Waals surface area contributed by atoms with Gasteiger partial charge in [0, 0.05) is 10.4 Å². The second kappa shape index (κ2) is 3.10. The molecular formula is C9H10O2. The molecule has 0 aromatic heterocycles. The van der Waals surface area contributed by atoms with Crippen LogP contribution in [0.5, 0.6) is 5.75 Å². The van der Waals surface area contributed by atoms with Gasteiger partial charge in [-0.2, -0.15) is 0 Å². The Kier molecular flexibility index (Phi) is 2.16. The van der Waals surface area contributed by atoms with Crippen molar-refractivity contribution in [3.8, 4) is 5.75 Å². The molecule has 0 aliphatic heterocycles. The van der Waals surface area contributed by atoms with Crippen LogP contribution in [0.3, 0.4) is 0 Å². The molecule has 1 aromatic carbocycles. The Morgan fingerprint density at radius 1 is 1.55 bits per heavy atom. The Morgan fingerprint density at radius 3 is 2.82 bits per heavy atom. The Hall–Kier alpha value is -1.44. The lowest BCUT2D eigenvalue weighted by Crippen LogP contribution is -2.24. The number of benzene rings is 1. The number of aliphatic hydroxyl groups excluding tert-OH is 1. The van der Waals surface area contributed by atoms with Crippen LogP contribution in [-0.4, -0.2) is 12.2 Å². The van der Waals surface area contributed by atoms with Crippen LogP contribution in [0.2, 0.25) is 0 Å². The lowest BCUT2D eigenvalue weighted by atomic mass is 10.2. The zero-order valence-corrected chi connectivity index (χ0v) is 6.37. The first-order valence-electron chi connectivity index (χ1n) is 3.26. The van der Waals surface area contributed by atoms with Gasteiger partial charge in [-0.05, 0) is 6.07 Å². The van der Waals surface area contributed by atoms with Crippen molar-refractivity contribution in [1.82, 2.24) is 0 Å². The average Bonchev–Trinajstić information content (AvgIpc) is 2.05. The molecule has 2 nitrogen and oxygen atoms in total. The van der Waals surface area contributed by atoms with Gasteiger partial charge >= 0.3 is 0 Å². The third-order valence-electron chi connectivity index (χ3n) is 1.53. The van der Waals surface area contributed by atoms with E-state index < -0.39 is 0 Å². The molecule has 58 valence electrons. The van der Waals surface area contributed by atoms with Crippen LogP contribution >= 0.6 is 0 Å². The first-order valence-corrected chi connectivity index (χ1v) is 3.26. The molecular weight excluding hydrogens is 140 g/mol. The number of hydrogen-bond donors (Lipinski definition) is 1. The first-order chi connectivity index (χ1) is 5.29. The van der Waals surface area contributed by atoms with Crippen molar-refractivity contribution in [2.75, 3.05) is 7.11 Å². The fraction of sp³-hybridized carbons (Fsp3) is 0.111. The van der Waals surface area contributed by atoms with Crippen LogP contribution in [0.4, 0.5) is 0 Å². The van der Waals surface area contributed by atoms with Crippen molar-refractivity contribution < 1.29 is 9.84 Å². The summed E-state index contributed by atoms with van der Waals surface area (Å²) < 4.78 is 4.99. The number of methoxy groups -OCH3 is 1. The maximum atomic E-state index is 8.72. The highest BCUT2D eigenvalue weighted by Gasteiger charge is 1.90. The van der Waals surface area contributed by atoms with Crippen molar-refractivity contribution in [3.63, 3.8) is 0 Å². The van der Waals surface area contributed by atoms with Gasteiger partial charge in [0.1, 0.15) is 5.75 Å². The van der Waals surface area contributed by atoms with Gasteiger partial charge in [-0.3, -0.25) is 0 Å². The number of rotatable bonds is 1. The van der Waals surface area contributed by atoms with Crippen molar-refractivity contribution in [2.24, 2.45) is 0 Å². The minimum atomic E-state index is 0.685. The number of ether oxygens (including phenoxy) is 1. The van der Waals surface area contributed by atoms with E-state index in [1.807, 2.05) is 0 Å². The van der Waals surface area contributed by atoms with Crippen molar-refractivity contribution in [1.29, 1.82) is 0 Å². The molecule has 0 spiro atoms. The number of aliphatic hydroxyl groups is 1. The summed E-state index contributed by atoms with van der Waals surface area (Å²) in [6.45, 7) is 3.75. The Labute approximate surface area is 65.1 Å². The normalized spacial score (nSPS) is 11.5. The van der Waals surface area contributed by atoms with Crippen LogP contribution in [-0.2, 0) is 0 Å². The summed E-state index contributed by atoms with van der Waals surface area (Å²) >= 11 is 0. The maximum Gasteiger partial charge on any atom is 0.126 e. The molecule has 1 aromatic rings. The van der Waals surface area contributed by atoms with Crippen LogP contribution in [0, 0.1) is 0 Å². The van der Waals surface area contributed by atoms with E-state index in [0.717, 1.165) is 6.26 Å². The van der Waals surface area contributed by atoms with Crippen LogP contribution in [0.1, 0.15) is 0 Å². The van der Waals surface area contributed by atoms with Gasteiger partial charge in [0.2, 0.25) is 0 Å². The molecule has 0 radical (unpaired) electrons. The summed E-state index contributed by atoms with van der Waals surface area (Å²) in [5.74, 6) is 0.688. The summed E-state index contributed by atoms with van der Waals surface area (Å²) in [6.07, 6.45) is 1.02. The summed E-state index contributed by atoms with van der Waals surface area (Å²) in [7, 11) is 1.57. The predicted octanol–water partition coefficient (Wildman–Crippen LogP) is 0.402. The average molecular weight is 150 g/mol. The molecule has 0 bridgehead atoms. The molecule has 0 fully saturated rings. The SMILES string of the molecule is C=c1c(OC)ccc/c1=C\O. The second-order valence-corrected chi connectivity index (χ2v) is 2.16. The zero-order valence-electron chi connectivity index (χ0n) is 6.37. The standard InChI is InChI=1S/C9H10O2/c1-7-8(6-10)4-3-5-9(7)11-2/h3-6,10H,1H2,2H3/b8-6+. The van der Waals surface area contributed by atoms with Crippen LogP contribution in [0.15, 0.2) is 18.2 Å². The molecule has 0 atom stereocenters. The lowest BCUT2D eigenvalue weighted by molar-refractivity contribution is 0.410. The smallest absolute Gasteiger partial charge is 0.126 e. The summed E-state index contributed by atoms with van der Waals surface area (Å²) in [6, 6.07) is 5.37. The third-order valence-corrected chi connectivity index (χ3v) is 1.53. The highest BCUT2D eigenvalue weighted by atomic mass is 16.5. The number of hydrogen-bond acceptors (Lipinski definition) is 2. The van der Waals surface area contributed by atoms with Crippen molar-refractivity contribution in [2.45, 2.75) is 0 Å². The first kappa shape index (κ1) is 7.66. The fourth-order valence-corrected chi connectivity index (χ4v) is 0.895. The van der Waals surface area contributed by atoms with Gasteiger partial charge in [0.05, 0.1) is 13.4 Å². The fourth-order valence-electron chi connectivity index (χ4n) is 0.895. The summed E-state index contributed by atoms with van der Waals surface area (Å²) in [4.78, 5) is 0. The molecule has 0 saturated carbocycles. The molecule has 11 heavy (non-hydrogen) atoms. The summed E-state index contributed by atoms with van der Waals surface area (Å²) in [5.41, 5.74) is 0. The lowest BCUT2D eigenvalue weighted by Gasteiger charge is -1.98. The molecule has 1 N–H and O–H groups in total. The third kappa shape index (κ3) is 1.34. The van der Waals surface area contributed by atoms with E-state index in [9.17, 15) is 0 Å². The molecule has 0 amide bonds.